The molecular formula is C12H14FNO2. The number of nitrogens with zero attached hydrogens (tertiary/aromatic N) is 1. The zero-order chi connectivity index (χ0) is 11.5. The molecule has 1 saturated heterocycles. The Morgan fingerprint density at radius 2 is 2.06 bits per heavy atom. The molecule has 0 bridgehead atoms. The zero-order valence-electron chi connectivity index (χ0n) is 8.90. The highest BCUT2D eigenvalue weighted by molar-refractivity contribution is 5.79. The second-order valence-electron chi connectivity index (χ2n) is 4.07. The molecule has 3 nitrogen and oxygen atoms in total. The molecule has 4 heteroatoms. The second kappa shape index (κ2) is 4.61. The van der Waals surface area contributed by atoms with Gasteiger partial charge in [0.2, 0.25) is 5.91 Å². The molecule has 1 aliphatic heterocycles. The minimum absolute atomic E-state index is 0.00499. The average molecular weight is 223 g/mol. The molecule has 0 spiro atoms. The SMILES string of the molecule is O=C1CC(O)CN1CCc1ccc(F)cc1. The van der Waals surface area contributed by atoms with E-state index in [0.29, 0.717) is 19.5 Å². The van der Waals surface area contributed by atoms with E-state index in [1.807, 2.05) is 0 Å². The number of hydrogen-bond donors (Lipinski definition) is 1. The first-order chi connectivity index (χ1) is 7.65. The standard InChI is InChI=1S/C12H14FNO2/c13-10-3-1-9(2-4-10)5-6-14-8-11(15)7-12(14)16/h1-4,11,15H,5-8H2. The van der Waals surface area contributed by atoms with Crippen molar-refractivity contribution < 1.29 is 14.3 Å². The van der Waals surface area contributed by atoms with Gasteiger partial charge in [0, 0.05) is 13.1 Å². The number of amides is 1. The van der Waals surface area contributed by atoms with Crippen molar-refractivity contribution >= 4 is 5.91 Å². The normalized spacial score (nSPS) is 20.5. The van der Waals surface area contributed by atoms with E-state index in [0.717, 1.165) is 5.56 Å². The number of rotatable bonds is 3. The van der Waals surface area contributed by atoms with Gasteiger partial charge in [0.25, 0.3) is 0 Å². The van der Waals surface area contributed by atoms with Crippen LogP contribution in [0.1, 0.15) is 12.0 Å². The maximum absolute atomic E-state index is 12.6. The Bertz CT molecular complexity index is 377. The van der Waals surface area contributed by atoms with Crippen LogP contribution < -0.4 is 0 Å². The summed E-state index contributed by atoms with van der Waals surface area (Å²) in [5.74, 6) is -0.258. The lowest BCUT2D eigenvalue weighted by Crippen LogP contribution is -2.28. The first kappa shape index (κ1) is 11.1. The van der Waals surface area contributed by atoms with E-state index in [-0.39, 0.29) is 18.1 Å². The molecule has 2 rings (SSSR count). The van der Waals surface area contributed by atoms with Crippen LogP contribution in [0.3, 0.4) is 0 Å². The van der Waals surface area contributed by atoms with Crippen molar-refractivity contribution in [1.82, 2.24) is 4.90 Å². The topological polar surface area (TPSA) is 40.5 Å². The average Bonchev–Trinajstić information content (AvgIpc) is 2.57. The highest BCUT2D eigenvalue weighted by atomic mass is 19.1. The van der Waals surface area contributed by atoms with Crippen molar-refractivity contribution in [1.29, 1.82) is 0 Å². The van der Waals surface area contributed by atoms with Crippen LogP contribution in [0, 0.1) is 5.82 Å². The summed E-state index contributed by atoms with van der Waals surface area (Å²) in [7, 11) is 0. The van der Waals surface area contributed by atoms with Crippen molar-refractivity contribution in [2.24, 2.45) is 0 Å². The van der Waals surface area contributed by atoms with E-state index < -0.39 is 6.10 Å². The first-order valence-corrected chi connectivity index (χ1v) is 5.35. The van der Waals surface area contributed by atoms with Gasteiger partial charge >= 0.3 is 0 Å². The predicted molar refractivity (Wildman–Crippen MR) is 57.3 cm³/mol. The number of aliphatic hydroxyl groups excluding tert-OH is 1. The maximum atomic E-state index is 12.6. The van der Waals surface area contributed by atoms with Gasteiger partial charge in [0.1, 0.15) is 5.82 Å². The van der Waals surface area contributed by atoms with Crippen LogP contribution in [-0.2, 0) is 11.2 Å². The lowest BCUT2D eigenvalue weighted by Gasteiger charge is -2.15. The van der Waals surface area contributed by atoms with Gasteiger partial charge in [0.15, 0.2) is 0 Å². The molecule has 0 aliphatic carbocycles. The van der Waals surface area contributed by atoms with Crippen LogP contribution in [0.2, 0.25) is 0 Å². The molecule has 1 atom stereocenters. The summed E-state index contributed by atoms with van der Waals surface area (Å²) in [5, 5.41) is 9.29. The monoisotopic (exact) mass is 223 g/mol. The molecule has 1 amide bonds. The van der Waals surface area contributed by atoms with Crippen LogP contribution in [0.25, 0.3) is 0 Å². The molecule has 0 aromatic heterocycles. The lowest BCUT2D eigenvalue weighted by molar-refractivity contribution is -0.127. The highest BCUT2D eigenvalue weighted by Gasteiger charge is 2.27. The van der Waals surface area contributed by atoms with Gasteiger partial charge in [-0.05, 0) is 24.1 Å². The number of β-amino-alcohol motifs (C(OH)–C–C–N with tert-alkyl or cyclic N) is 1. The quantitative estimate of drug-likeness (QED) is 0.829. The smallest absolute Gasteiger partial charge is 0.225 e. The molecule has 0 saturated carbocycles. The van der Waals surface area contributed by atoms with E-state index in [1.54, 1.807) is 17.0 Å². The summed E-state index contributed by atoms with van der Waals surface area (Å²) in [6.07, 6.45) is 0.392. The van der Waals surface area contributed by atoms with E-state index in [4.69, 9.17) is 0 Å². The summed E-state index contributed by atoms with van der Waals surface area (Å²) in [6, 6.07) is 6.25. The van der Waals surface area contributed by atoms with Crippen LogP contribution in [0.4, 0.5) is 4.39 Å². The van der Waals surface area contributed by atoms with E-state index in [2.05, 4.69) is 0 Å². The Labute approximate surface area is 93.5 Å². The predicted octanol–water partition coefficient (Wildman–Crippen LogP) is 0.961. The molecule has 1 aromatic carbocycles. The number of benzene rings is 1. The maximum Gasteiger partial charge on any atom is 0.225 e. The van der Waals surface area contributed by atoms with E-state index >= 15 is 0 Å². The minimum Gasteiger partial charge on any atom is -0.391 e. The summed E-state index contributed by atoms with van der Waals surface area (Å²) in [5.41, 5.74) is 0.996. The molecule has 1 heterocycles. The second-order valence-corrected chi connectivity index (χ2v) is 4.07. The van der Waals surface area contributed by atoms with Crippen molar-refractivity contribution in [2.45, 2.75) is 18.9 Å². The molecule has 1 aliphatic rings. The largest absolute Gasteiger partial charge is 0.391 e. The third-order valence-corrected chi connectivity index (χ3v) is 2.78. The summed E-state index contributed by atoms with van der Waals surface area (Å²) in [4.78, 5) is 13.0. The van der Waals surface area contributed by atoms with E-state index in [1.165, 1.54) is 12.1 Å². The number of halogens is 1. The van der Waals surface area contributed by atoms with Crippen molar-refractivity contribution in [2.75, 3.05) is 13.1 Å². The number of aliphatic hydroxyl groups is 1. The van der Waals surface area contributed by atoms with Gasteiger partial charge in [-0.1, -0.05) is 12.1 Å². The Balaban J connectivity index is 1.88. The molecule has 1 N–H and O–H groups in total. The van der Waals surface area contributed by atoms with Crippen molar-refractivity contribution in [3.05, 3.63) is 35.6 Å². The Morgan fingerprint density at radius 3 is 2.62 bits per heavy atom. The van der Waals surface area contributed by atoms with Crippen molar-refractivity contribution in [3.8, 4) is 0 Å². The van der Waals surface area contributed by atoms with Gasteiger partial charge < -0.3 is 10.0 Å². The summed E-state index contributed by atoms with van der Waals surface area (Å²) >= 11 is 0. The number of carbonyl (C=O) groups excluding carboxylic acids is 1. The molecule has 1 aromatic rings. The molecule has 1 fully saturated rings. The molecular weight excluding hydrogens is 209 g/mol. The first-order valence-electron chi connectivity index (χ1n) is 5.35. The zero-order valence-corrected chi connectivity index (χ0v) is 8.90. The number of carbonyl (C=O) groups is 1. The molecule has 1 unspecified atom stereocenters. The van der Waals surface area contributed by atoms with Crippen LogP contribution in [0.15, 0.2) is 24.3 Å². The Kier molecular flexibility index (Phi) is 3.19. The van der Waals surface area contributed by atoms with Gasteiger partial charge in [-0.25, -0.2) is 4.39 Å². The summed E-state index contributed by atoms with van der Waals surface area (Å²) < 4.78 is 12.6. The minimum atomic E-state index is -0.527. The molecule has 86 valence electrons. The highest BCUT2D eigenvalue weighted by Crippen LogP contribution is 2.12. The Hall–Kier alpha value is -1.42. The van der Waals surface area contributed by atoms with Crippen LogP contribution in [0.5, 0.6) is 0 Å². The Morgan fingerprint density at radius 1 is 1.38 bits per heavy atom. The van der Waals surface area contributed by atoms with Crippen LogP contribution in [-0.4, -0.2) is 35.1 Å². The third-order valence-electron chi connectivity index (χ3n) is 2.78. The van der Waals surface area contributed by atoms with Crippen molar-refractivity contribution in [3.63, 3.8) is 0 Å². The fourth-order valence-electron chi connectivity index (χ4n) is 1.88. The fraction of sp³-hybridized carbons (Fsp3) is 0.417. The van der Waals surface area contributed by atoms with Gasteiger partial charge in [-0.15, -0.1) is 0 Å². The number of hydrogen-bond acceptors (Lipinski definition) is 2. The third kappa shape index (κ3) is 2.58. The van der Waals surface area contributed by atoms with Gasteiger partial charge in [0.05, 0.1) is 12.5 Å². The lowest BCUT2D eigenvalue weighted by atomic mass is 10.1. The summed E-state index contributed by atoms with van der Waals surface area (Å²) in [6.45, 7) is 1.00. The fourth-order valence-corrected chi connectivity index (χ4v) is 1.88. The van der Waals surface area contributed by atoms with Gasteiger partial charge in [-0.3, -0.25) is 4.79 Å². The number of likely N-dealkylation sites (tertiary alicyclic amines) is 1. The van der Waals surface area contributed by atoms with Gasteiger partial charge in [-0.2, -0.15) is 0 Å². The molecule has 0 radical (unpaired) electrons. The molecule has 16 heavy (non-hydrogen) atoms. The van der Waals surface area contributed by atoms with Crippen LogP contribution >= 0.6 is 0 Å². The van der Waals surface area contributed by atoms with E-state index in [9.17, 15) is 14.3 Å².